The van der Waals surface area contributed by atoms with Crippen molar-refractivity contribution in [1.82, 2.24) is 9.80 Å². The monoisotopic (exact) mass is 304 g/mol. The van der Waals surface area contributed by atoms with Gasteiger partial charge in [-0.25, -0.2) is 4.79 Å². The lowest BCUT2D eigenvalue weighted by Gasteiger charge is -2.38. The van der Waals surface area contributed by atoms with Crippen LogP contribution in [0.15, 0.2) is 30.3 Å². The Morgan fingerprint density at radius 1 is 1.27 bits per heavy atom. The van der Waals surface area contributed by atoms with Crippen LogP contribution in [-0.4, -0.2) is 61.3 Å². The van der Waals surface area contributed by atoms with Crippen molar-refractivity contribution in [3.63, 3.8) is 0 Å². The van der Waals surface area contributed by atoms with Gasteiger partial charge in [0.25, 0.3) is 0 Å². The van der Waals surface area contributed by atoms with Gasteiger partial charge in [-0.1, -0.05) is 30.3 Å². The van der Waals surface area contributed by atoms with Gasteiger partial charge >= 0.3 is 6.09 Å². The maximum atomic E-state index is 11.6. The average molecular weight is 304 g/mol. The van der Waals surface area contributed by atoms with E-state index in [1.54, 1.807) is 11.9 Å². The van der Waals surface area contributed by atoms with Crippen molar-refractivity contribution in [2.45, 2.75) is 25.0 Å². The summed E-state index contributed by atoms with van der Waals surface area (Å²) in [5, 5.41) is 0. The Hall–Kier alpha value is -1.59. The number of hydrogen-bond acceptors (Lipinski definition) is 4. The molecule has 2 saturated heterocycles. The summed E-state index contributed by atoms with van der Waals surface area (Å²) in [5.74, 6) is 0. The van der Waals surface area contributed by atoms with Crippen LogP contribution in [-0.2, 0) is 16.1 Å². The van der Waals surface area contributed by atoms with Gasteiger partial charge in [-0.15, -0.1) is 0 Å². The standard InChI is InChI=1S/C17H24N2O3/c1-18-13-17(22-16(18)20)8-5-9-19(14-17)10-11-21-12-15-6-3-2-4-7-15/h2-4,6-7H,5,8-14H2,1H3/t17-/m0/s1. The molecule has 5 heteroatoms. The quantitative estimate of drug-likeness (QED) is 0.782. The lowest BCUT2D eigenvalue weighted by molar-refractivity contribution is -0.0181. The van der Waals surface area contributed by atoms with E-state index in [4.69, 9.17) is 9.47 Å². The van der Waals surface area contributed by atoms with Crippen molar-refractivity contribution in [3.8, 4) is 0 Å². The summed E-state index contributed by atoms with van der Waals surface area (Å²) >= 11 is 0. The normalized spacial score (nSPS) is 25.7. The van der Waals surface area contributed by atoms with Crippen molar-refractivity contribution in [1.29, 1.82) is 0 Å². The first kappa shape index (κ1) is 15.3. The van der Waals surface area contributed by atoms with Crippen LogP contribution < -0.4 is 0 Å². The van der Waals surface area contributed by atoms with E-state index in [-0.39, 0.29) is 11.7 Å². The van der Waals surface area contributed by atoms with Crippen LogP contribution in [0.5, 0.6) is 0 Å². The van der Waals surface area contributed by atoms with Crippen molar-refractivity contribution in [2.24, 2.45) is 0 Å². The van der Waals surface area contributed by atoms with Crippen LogP contribution in [0.4, 0.5) is 4.79 Å². The molecule has 0 aliphatic carbocycles. The Kier molecular flexibility index (Phi) is 4.64. The minimum atomic E-state index is -0.302. The molecule has 3 rings (SSSR count). The molecule has 0 unspecified atom stereocenters. The molecule has 2 fully saturated rings. The fourth-order valence-electron chi connectivity index (χ4n) is 3.34. The molecule has 5 nitrogen and oxygen atoms in total. The second kappa shape index (κ2) is 6.67. The molecular formula is C17H24N2O3. The number of ether oxygens (including phenoxy) is 2. The Labute approximate surface area is 131 Å². The van der Waals surface area contributed by atoms with Crippen molar-refractivity contribution in [2.75, 3.05) is 39.8 Å². The molecule has 1 spiro atoms. The lowest BCUT2D eigenvalue weighted by atomic mass is 9.93. The first-order valence-corrected chi connectivity index (χ1v) is 7.95. The zero-order valence-corrected chi connectivity index (χ0v) is 13.2. The highest BCUT2D eigenvalue weighted by Crippen LogP contribution is 2.31. The summed E-state index contributed by atoms with van der Waals surface area (Å²) < 4.78 is 11.4. The molecule has 120 valence electrons. The first-order valence-electron chi connectivity index (χ1n) is 7.95. The van der Waals surface area contributed by atoms with Crippen LogP contribution in [0, 0.1) is 0 Å². The molecule has 1 amide bonds. The molecule has 0 radical (unpaired) electrons. The fourth-order valence-corrected chi connectivity index (χ4v) is 3.34. The topological polar surface area (TPSA) is 42.0 Å². The Morgan fingerprint density at radius 3 is 2.82 bits per heavy atom. The number of benzene rings is 1. The molecule has 2 aliphatic heterocycles. The van der Waals surface area contributed by atoms with Crippen molar-refractivity contribution in [3.05, 3.63) is 35.9 Å². The molecule has 2 aliphatic rings. The van der Waals surface area contributed by atoms with E-state index in [2.05, 4.69) is 17.0 Å². The summed E-state index contributed by atoms with van der Waals surface area (Å²) in [5.41, 5.74) is 0.896. The zero-order chi connectivity index (χ0) is 15.4. The number of carbonyl (C=O) groups excluding carboxylic acids is 1. The molecule has 2 heterocycles. The van der Waals surface area contributed by atoms with E-state index in [9.17, 15) is 4.79 Å². The molecule has 1 aromatic rings. The van der Waals surface area contributed by atoms with Crippen molar-refractivity contribution < 1.29 is 14.3 Å². The minimum absolute atomic E-state index is 0.192. The molecule has 0 N–H and O–H groups in total. The summed E-state index contributed by atoms with van der Waals surface area (Å²) in [6.45, 7) is 4.81. The van der Waals surface area contributed by atoms with Crippen molar-refractivity contribution >= 4 is 6.09 Å². The van der Waals surface area contributed by atoms with Crippen LogP contribution in [0.1, 0.15) is 18.4 Å². The van der Waals surface area contributed by atoms with Crippen LogP contribution in [0.3, 0.4) is 0 Å². The number of likely N-dealkylation sites (tertiary alicyclic amines) is 1. The molecule has 0 saturated carbocycles. The van der Waals surface area contributed by atoms with Gasteiger partial charge in [0.05, 0.1) is 19.8 Å². The highest BCUT2D eigenvalue weighted by Gasteiger charge is 2.46. The number of rotatable bonds is 5. The SMILES string of the molecule is CN1C[C@]2(CCCN(CCOCc3ccccc3)C2)OC1=O. The predicted octanol–water partition coefficient (Wildman–Crippen LogP) is 2.12. The third-order valence-electron chi connectivity index (χ3n) is 4.42. The van der Waals surface area contributed by atoms with Crippen LogP contribution in [0.2, 0.25) is 0 Å². The van der Waals surface area contributed by atoms with Gasteiger partial charge in [-0.05, 0) is 24.9 Å². The zero-order valence-electron chi connectivity index (χ0n) is 13.2. The summed E-state index contributed by atoms with van der Waals surface area (Å²) in [7, 11) is 1.80. The predicted molar refractivity (Wildman–Crippen MR) is 83.6 cm³/mol. The second-order valence-corrected chi connectivity index (χ2v) is 6.32. The number of piperidine rings is 1. The molecule has 0 aromatic heterocycles. The number of hydrogen-bond donors (Lipinski definition) is 0. The van der Waals surface area contributed by atoms with Gasteiger partial charge in [0.1, 0.15) is 5.60 Å². The molecule has 0 bridgehead atoms. The van der Waals surface area contributed by atoms with E-state index < -0.39 is 0 Å². The Morgan fingerprint density at radius 2 is 2.09 bits per heavy atom. The third kappa shape index (κ3) is 3.59. The highest BCUT2D eigenvalue weighted by molar-refractivity contribution is 5.70. The van der Waals surface area contributed by atoms with E-state index in [0.29, 0.717) is 19.8 Å². The lowest BCUT2D eigenvalue weighted by Crippen LogP contribution is -2.51. The van der Waals surface area contributed by atoms with Gasteiger partial charge in [-0.2, -0.15) is 0 Å². The number of amides is 1. The third-order valence-corrected chi connectivity index (χ3v) is 4.42. The number of carbonyl (C=O) groups is 1. The van der Waals surface area contributed by atoms with E-state index in [1.807, 2.05) is 18.2 Å². The number of nitrogens with zero attached hydrogens (tertiary/aromatic N) is 2. The summed E-state index contributed by atoms with van der Waals surface area (Å²) in [6.07, 6.45) is 1.84. The molecule has 1 atom stereocenters. The minimum Gasteiger partial charge on any atom is -0.440 e. The Bertz CT molecular complexity index is 508. The second-order valence-electron chi connectivity index (χ2n) is 6.32. The largest absolute Gasteiger partial charge is 0.440 e. The van der Waals surface area contributed by atoms with E-state index in [0.717, 1.165) is 32.5 Å². The van der Waals surface area contributed by atoms with E-state index >= 15 is 0 Å². The maximum absolute atomic E-state index is 11.6. The van der Waals surface area contributed by atoms with Gasteiger partial charge < -0.3 is 14.4 Å². The smallest absolute Gasteiger partial charge is 0.410 e. The molecular weight excluding hydrogens is 280 g/mol. The molecule has 22 heavy (non-hydrogen) atoms. The van der Waals surface area contributed by atoms with Crippen LogP contribution in [0.25, 0.3) is 0 Å². The van der Waals surface area contributed by atoms with Gasteiger partial charge in [0.2, 0.25) is 0 Å². The average Bonchev–Trinajstić information content (AvgIpc) is 2.78. The van der Waals surface area contributed by atoms with E-state index in [1.165, 1.54) is 5.56 Å². The fraction of sp³-hybridized carbons (Fsp3) is 0.588. The summed E-state index contributed by atoms with van der Waals surface area (Å²) in [4.78, 5) is 15.7. The summed E-state index contributed by atoms with van der Waals surface area (Å²) in [6, 6.07) is 10.2. The van der Waals surface area contributed by atoms with Crippen LogP contribution >= 0.6 is 0 Å². The molecule has 1 aromatic carbocycles. The Balaban J connectivity index is 1.42. The van der Waals surface area contributed by atoms with Gasteiger partial charge in [-0.3, -0.25) is 4.90 Å². The van der Waals surface area contributed by atoms with Gasteiger partial charge in [0.15, 0.2) is 0 Å². The first-order chi connectivity index (χ1) is 10.7. The highest BCUT2D eigenvalue weighted by atomic mass is 16.6. The maximum Gasteiger partial charge on any atom is 0.410 e. The van der Waals surface area contributed by atoms with Gasteiger partial charge in [0, 0.05) is 20.1 Å². The number of likely N-dealkylation sites (N-methyl/N-ethyl adjacent to an activating group) is 1.